The maximum absolute atomic E-state index is 11.3. The second kappa shape index (κ2) is 6.98. The van der Waals surface area contributed by atoms with Gasteiger partial charge in [0.1, 0.15) is 0 Å². The van der Waals surface area contributed by atoms with Gasteiger partial charge in [0, 0.05) is 13.7 Å². The van der Waals surface area contributed by atoms with Gasteiger partial charge in [-0.15, -0.1) is 0 Å². The Bertz CT molecular complexity index is 340. The summed E-state index contributed by atoms with van der Waals surface area (Å²) in [6, 6.07) is 7.92. The van der Waals surface area contributed by atoms with Crippen molar-refractivity contribution in [1.82, 2.24) is 10.6 Å². The first-order valence-corrected chi connectivity index (χ1v) is 5.25. The van der Waals surface area contributed by atoms with Gasteiger partial charge in [-0.1, -0.05) is 24.3 Å². The van der Waals surface area contributed by atoms with Gasteiger partial charge in [0.15, 0.2) is 0 Å². The molecular weight excluding hydrogens is 204 g/mol. The highest BCUT2D eigenvalue weighted by Gasteiger charge is 2.03. The van der Waals surface area contributed by atoms with Crippen molar-refractivity contribution in [3.05, 3.63) is 35.4 Å². The van der Waals surface area contributed by atoms with Crippen LogP contribution in [0.1, 0.15) is 11.1 Å². The number of hydrogen-bond donors (Lipinski definition) is 2. The number of nitrogens with one attached hydrogen (secondary N) is 2. The summed E-state index contributed by atoms with van der Waals surface area (Å²) in [6.45, 7) is 1.45. The Kier molecular flexibility index (Phi) is 5.53. The van der Waals surface area contributed by atoms with E-state index in [1.54, 1.807) is 14.2 Å². The van der Waals surface area contributed by atoms with Gasteiger partial charge in [-0.25, -0.2) is 0 Å². The summed E-state index contributed by atoms with van der Waals surface area (Å²) in [5.74, 6) is -0.00489. The van der Waals surface area contributed by atoms with Crippen molar-refractivity contribution in [2.75, 3.05) is 20.7 Å². The summed E-state index contributed by atoms with van der Waals surface area (Å²) in [6.07, 6.45) is 0. The van der Waals surface area contributed by atoms with Crippen LogP contribution in [0.2, 0.25) is 0 Å². The topological polar surface area (TPSA) is 50.4 Å². The number of rotatable bonds is 6. The Balaban J connectivity index is 2.55. The molecule has 4 nitrogen and oxygen atoms in total. The van der Waals surface area contributed by atoms with E-state index in [-0.39, 0.29) is 5.91 Å². The molecule has 88 valence electrons. The fraction of sp³-hybridized carbons (Fsp3) is 0.417. The Morgan fingerprint density at radius 1 is 1.31 bits per heavy atom. The molecule has 0 aliphatic rings. The lowest BCUT2D eigenvalue weighted by atomic mass is 10.1. The number of carbonyl (C=O) groups is 1. The first-order chi connectivity index (χ1) is 7.77. The number of methoxy groups -OCH3 is 1. The quantitative estimate of drug-likeness (QED) is 0.743. The average molecular weight is 222 g/mol. The van der Waals surface area contributed by atoms with E-state index in [2.05, 4.69) is 10.6 Å². The number of hydrogen-bond acceptors (Lipinski definition) is 3. The maximum atomic E-state index is 11.3. The van der Waals surface area contributed by atoms with Crippen LogP contribution in [0, 0.1) is 0 Å². The molecule has 0 bridgehead atoms. The van der Waals surface area contributed by atoms with Gasteiger partial charge in [-0.3, -0.25) is 4.79 Å². The van der Waals surface area contributed by atoms with Crippen LogP contribution in [0.15, 0.2) is 24.3 Å². The second-order valence-corrected chi connectivity index (χ2v) is 3.51. The molecule has 1 amide bonds. The number of amides is 1. The van der Waals surface area contributed by atoms with Crippen LogP contribution >= 0.6 is 0 Å². The number of ether oxygens (including phenoxy) is 1. The van der Waals surface area contributed by atoms with Gasteiger partial charge in [-0.05, 0) is 18.2 Å². The minimum atomic E-state index is -0.00489. The zero-order chi connectivity index (χ0) is 11.8. The molecule has 0 fully saturated rings. The van der Waals surface area contributed by atoms with Gasteiger partial charge in [-0.2, -0.15) is 0 Å². The van der Waals surface area contributed by atoms with E-state index in [9.17, 15) is 4.79 Å². The van der Waals surface area contributed by atoms with Gasteiger partial charge in [0.25, 0.3) is 0 Å². The molecule has 4 heteroatoms. The van der Waals surface area contributed by atoms with Crippen molar-refractivity contribution < 1.29 is 9.53 Å². The molecule has 2 N–H and O–H groups in total. The monoisotopic (exact) mass is 222 g/mol. The highest BCUT2D eigenvalue weighted by molar-refractivity contribution is 5.77. The fourth-order valence-corrected chi connectivity index (χ4v) is 1.44. The van der Waals surface area contributed by atoms with Crippen molar-refractivity contribution >= 4 is 5.91 Å². The normalized spacial score (nSPS) is 10.1. The Hall–Kier alpha value is -1.39. The third-order valence-corrected chi connectivity index (χ3v) is 2.23. The molecule has 0 spiro atoms. The molecule has 0 aliphatic heterocycles. The minimum Gasteiger partial charge on any atom is -0.380 e. The van der Waals surface area contributed by atoms with Gasteiger partial charge < -0.3 is 15.4 Å². The lowest BCUT2D eigenvalue weighted by Gasteiger charge is -2.09. The second-order valence-electron chi connectivity index (χ2n) is 3.51. The highest BCUT2D eigenvalue weighted by Crippen LogP contribution is 2.09. The molecule has 0 heterocycles. The summed E-state index contributed by atoms with van der Waals surface area (Å²) >= 11 is 0. The Morgan fingerprint density at radius 3 is 2.62 bits per heavy atom. The van der Waals surface area contributed by atoms with Gasteiger partial charge in [0.05, 0.1) is 13.2 Å². The Morgan fingerprint density at radius 2 is 2.00 bits per heavy atom. The molecule has 0 unspecified atom stereocenters. The van der Waals surface area contributed by atoms with E-state index in [0.717, 1.165) is 11.1 Å². The van der Waals surface area contributed by atoms with E-state index in [4.69, 9.17) is 4.74 Å². The van der Waals surface area contributed by atoms with Crippen LogP contribution in [-0.4, -0.2) is 26.6 Å². The lowest BCUT2D eigenvalue weighted by molar-refractivity contribution is -0.120. The average Bonchev–Trinajstić information content (AvgIpc) is 2.29. The van der Waals surface area contributed by atoms with E-state index in [0.29, 0.717) is 19.7 Å². The van der Waals surface area contributed by atoms with Gasteiger partial charge >= 0.3 is 0 Å². The minimum absolute atomic E-state index is 0.00489. The summed E-state index contributed by atoms with van der Waals surface area (Å²) in [5.41, 5.74) is 2.20. The van der Waals surface area contributed by atoms with E-state index < -0.39 is 0 Å². The summed E-state index contributed by atoms with van der Waals surface area (Å²) in [4.78, 5) is 11.3. The van der Waals surface area contributed by atoms with Crippen LogP contribution < -0.4 is 10.6 Å². The molecule has 0 saturated heterocycles. The van der Waals surface area contributed by atoms with Crippen molar-refractivity contribution in [3.8, 4) is 0 Å². The molecule has 0 aliphatic carbocycles. The molecule has 1 rings (SSSR count). The third kappa shape index (κ3) is 4.00. The zero-order valence-electron chi connectivity index (χ0n) is 9.75. The standard InChI is InChI=1S/C12H18N2O2/c1-13-8-12(15)14-7-10-5-3-4-6-11(10)9-16-2/h3-6,13H,7-9H2,1-2H3,(H,14,15). The third-order valence-electron chi connectivity index (χ3n) is 2.23. The molecule has 16 heavy (non-hydrogen) atoms. The smallest absolute Gasteiger partial charge is 0.234 e. The van der Waals surface area contributed by atoms with E-state index >= 15 is 0 Å². The molecule has 1 aromatic rings. The number of benzene rings is 1. The molecule has 0 radical (unpaired) electrons. The Labute approximate surface area is 96.0 Å². The van der Waals surface area contributed by atoms with E-state index in [1.807, 2.05) is 24.3 Å². The van der Waals surface area contributed by atoms with Crippen molar-refractivity contribution in [1.29, 1.82) is 0 Å². The fourth-order valence-electron chi connectivity index (χ4n) is 1.44. The lowest BCUT2D eigenvalue weighted by Crippen LogP contribution is -2.31. The van der Waals surface area contributed by atoms with Crippen LogP contribution in [0.4, 0.5) is 0 Å². The van der Waals surface area contributed by atoms with Gasteiger partial charge in [0.2, 0.25) is 5.91 Å². The first-order valence-electron chi connectivity index (χ1n) is 5.25. The molecule has 0 atom stereocenters. The summed E-state index contributed by atoms with van der Waals surface area (Å²) in [5, 5.41) is 5.65. The summed E-state index contributed by atoms with van der Waals surface area (Å²) < 4.78 is 5.10. The molecule has 1 aromatic carbocycles. The van der Waals surface area contributed by atoms with Crippen molar-refractivity contribution in [2.45, 2.75) is 13.2 Å². The molecule has 0 aromatic heterocycles. The SMILES string of the molecule is CNCC(=O)NCc1ccccc1COC. The number of carbonyl (C=O) groups excluding carboxylic acids is 1. The van der Waals surface area contributed by atoms with Crippen LogP contribution in [0.25, 0.3) is 0 Å². The van der Waals surface area contributed by atoms with Crippen LogP contribution in [0.5, 0.6) is 0 Å². The number of likely N-dealkylation sites (N-methyl/N-ethyl adjacent to an activating group) is 1. The van der Waals surface area contributed by atoms with Crippen LogP contribution in [0.3, 0.4) is 0 Å². The maximum Gasteiger partial charge on any atom is 0.234 e. The van der Waals surface area contributed by atoms with Crippen molar-refractivity contribution in [2.24, 2.45) is 0 Å². The predicted octanol–water partition coefficient (Wildman–Crippen LogP) is 0.669. The zero-order valence-corrected chi connectivity index (χ0v) is 9.75. The molecule has 0 saturated carbocycles. The summed E-state index contributed by atoms with van der Waals surface area (Å²) in [7, 11) is 3.41. The highest BCUT2D eigenvalue weighted by atomic mass is 16.5. The first kappa shape index (κ1) is 12.7. The largest absolute Gasteiger partial charge is 0.380 e. The van der Waals surface area contributed by atoms with Crippen LogP contribution in [-0.2, 0) is 22.7 Å². The molecular formula is C12H18N2O2. The van der Waals surface area contributed by atoms with E-state index in [1.165, 1.54) is 0 Å². The van der Waals surface area contributed by atoms with Crippen molar-refractivity contribution in [3.63, 3.8) is 0 Å². The predicted molar refractivity (Wildman–Crippen MR) is 62.9 cm³/mol.